The maximum absolute atomic E-state index is 11.1. The SMILES string of the molecule is CCNC(=O)Cc1ccc(C)s1. The minimum Gasteiger partial charge on any atom is -0.356 e. The number of carbonyl (C=O) groups excluding carboxylic acids is 1. The standard InChI is InChI=1S/C9H13NOS/c1-3-10-9(11)6-8-5-4-7(2)12-8/h4-5H,3,6H2,1-2H3,(H,10,11). The van der Waals surface area contributed by atoms with Gasteiger partial charge in [0.25, 0.3) is 0 Å². The van der Waals surface area contributed by atoms with Crippen LogP contribution in [-0.4, -0.2) is 12.5 Å². The third-order valence-corrected chi connectivity index (χ3v) is 2.51. The summed E-state index contributed by atoms with van der Waals surface area (Å²) in [6.07, 6.45) is 0.520. The number of hydrogen-bond acceptors (Lipinski definition) is 2. The minimum atomic E-state index is 0.111. The van der Waals surface area contributed by atoms with Gasteiger partial charge in [0, 0.05) is 16.3 Å². The summed E-state index contributed by atoms with van der Waals surface area (Å²) in [5, 5.41) is 2.77. The fourth-order valence-electron chi connectivity index (χ4n) is 0.998. The highest BCUT2D eigenvalue weighted by Crippen LogP contribution is 2.15. The number of rotatable bonds is 3. The summed E-state index contributed by atoms with van der Waals surface area (Å²) in [7, 11) is 0. The highest BCUT2D eigenvalue weighted by molar-refractivity contribution is 7.12. The number of carbonyl (C=O) groups is 1. The molecule has 0 spiro atoms. The van der Waals surface area contributed by atoms with Crippen molar-refractivity contribution in [3.8, 4) is 0 Å². The summed E-state index contributed by atoms with van der Waals surface area (Å²) in [5.74, 6) is 0.111. The molecule has 2 nitrogen and oxygen atoms in total. The van der Waals surface area contributed by atoms with E-state index >= 15 is 0 Å². The van der Waals surface area contributed by atoms with Crippen molar-refractivity contribution in [2.24, 2.45) is 0 Å². The Morgan fingerprint density at radius 3 is 2.83 bits per heavy atom. The van der Waals surface area contributed by atoms with Crippen LogP contribution in [0.15, 0.2) is 12.1 Å². The van der Waals surface area contributed by atoms with Gasteiger partial charge in [-0.15, -0.1) is 11.3 Å². The molecule has 0 saturated heterocycles. The smallest absolute Gasteiger partial charge is 0.225 e. The van der Waals surface area contributed by atoms with Crippen LogP contribution in [0.1, 0.15) is 16.7 Å². The Bertz CT molecular complexity index is 267. The van der Waals surface area contributed by atoms with E-state index in [1.165, 1.54) is 4.88 Å². The summed E-state index contributed by atoms with van der Waals surface area (Å²) >= 11 is 1.68. The van der Waals surface area contributed by atoms with Gasteiger partial charge in [-0.1, -0.05) is 0 Å². The van der Waals surface area contributed by atoms with Gasteiger partial charge in [-0.2, -0.15) is 0 Å². The first-order chi connectivity index (χ1) is 5.72. The van der Waals surface area contributed by atoms with Crippen molar-refractivity contribution in [2.45, 2.75) is 20.3 Å². The van der Waals surface area contributed by atoms with E-state index in [4.69, 9.17) is 0 Å². The highest BCUT2D eigenvalue weighted by atomic mass is 32.1. The van der Waals surface area contributed by atoms with Crippen molar-refractivity contribution in [1.29, 1.82) is 0 Å². The summed E-state index contributed by atoms with van der Waals surface area (Å²) in [5.41, 5.74) is 0. The van der Waals surface area contributed by atoms with Gasteiger partial charge < -0.3 is 5.32 Å². The normalized spacial score (nSPS) is 9.83. The number of thiophene rings is 1. The van der Waals surface area contributed by atoms with Gasteiger partial charge in [-0.05, 0) is 26.0 Å². The lowest BCUT2D eigenvalue weighted by Crippen LogP contribution is -2.23. The molecule has 1 rings (SSSR count). The van der Waals surface area contributed by atoms with Crippen LogP contribution in [0.4, 0.5) is 0 Å². The Hall–Kier alpha value is -0.830. The fraction of sp³-hybridized carbons (Fsp3) is 0.444. The Morgan fingerprint density at radius 2 is 2.33 bits per heavy atom. The second-order valence-electron chi connectivity index (χ2n) is 2.64. The third-order valence-electron chi connectivity index (χ3n) is 1.50. The van der Waals surface area contributed by atoms with Crippen molar-refractivity contribution in [3.05, 3.63) is 21.9 Å². The minimum absolute atomic E-state index is 0.111. The van der Waals surface area contributed by atoms with E-state index in [-0.39, 0.29) is 5.91 Å². The molecule has 3 heteroatoms. The molecule has 1 amide bonds. The molecule has 0 fully saturated rings. The average molecular weight is 183 g/mol. The van der Waals surface area contributed by atoms with Crippen LogP contribution in [0.2, 0.25) is 0 Å². The lowest BCUT2D eigenvalue weighted by molar-refractivity contribution is -0.120. The van der Waals surface area contributed by atoms with Crippen LogP contribution in [0, 0.1) is 6.92 Å². The molecule has 1 heterocycles. The van der Waals surface area contributed by atoms with Gasteiger partial charge in [0.1, 0.15) is 0 Å². The molecule has 1 aromatic rings. The lowest BCUT2D eigenvalue weighted by Gasteiger charge is -1.98. The summed E-state index contributed by atoms with van der Waals surface area (Å²) < 4.78 is 0. The number of hydrogen-bond donors (Lipinski definition) is 1. The molecule has 0 saturated carbocycles. The molecule has 0 aliphatic heterocycles. The number of likely N-dealkylation sites (N-methyl/N-ethyl adjacent to an activating group) is 1. The van der Waals surface area contributed by atoms with Crippen LogP contribution in [-0.2, 0) is 11.2 Å². The first-order valence-corrected chi connectivity index (χ1v) is 4.86. The Balaban J connectivity index is 2.46. The maximum atomic E-state index is 11.1. The number of amides is 1. The van der Waals surface area contributed by atoms with E-state index in [9.17, 15) is 4.79 Å². The first-order valence-electron chi connectivity index (χ1n) is 4.04. The molecule has 0 aliphatic rings. The molecule has 0 atom stereocenters. The van der Waals surface area contributed by atoms with Crippen LogP contribution >= 0.6 is 11.3 Å². The van der Waals surface area contributed by atoms with E-state index in [1.807, 2.05) is 26.0 Å². The largest absolute Gasteiger partial charge is 0.356 e. The molecule has 12 heavy (non-hydrogen) atoms. The zero-order chi connectivity index (χ0) is 8.97. The van der Waals surface area contributed by atoms with Gasteiger partial charge >= 0.3 is 0 Å². The first kappa shape index (κ1) is 9.26. The average Bonchev–Trinajstić information content (AvgIpc) is 2.36. The molecule has 0 aromatic carbocycles. The second-order valence-corrected chi connectivity index (χ2v) is 4.02. The molecule has 0 bridgehead atoms. The predicted octanol–water partition coefficient (Wildman–Crippen LogP) is 1.74. The van der Waals surface area contributed by atoms with Gasteiger partial charge in [0.05, 0.1) is 6.42 Å². The van der Waals surface area contributed by atoms with Gasteiger partial charge in [0.2, 0.25) is 5.91 Å². The van der Waals surface area contributed by atoms with Crippen LogP contribution in [0.3, 0.4) is 0 Å². The predicted molar refractivity (Wildman–Crippen MR) is 51.4 cm³/mol. The zero-order valence-corrected chi connectivity index (χ0v) is 8.20. The molecular weight excluding hydrogens is 170 g/mol. The Morgan fingerprint density at radius 1 is 1.58 bits per heavy atom. The quantitative estimate of drug-likeness (QED) is 0.759. The lowest BCUT2D eigenvalue weighted by atomic mass is 10.3. The fourth-order valence-corrected chi connectivity index (χ4v) is 1.89. The topological polar surface area (TPSA) is 29.1 Å². The van der Waals surface area contributed by atoms with E-state index in [0.717, 1.165) is 4.88 Å². The Kier molecular flexibility index (Phi) is 3.29. The zero-order valence-electron chi connectivity index (χ0n) is 7.39. The van der Waals surface area contributed by atoms with Crippen molar-refractivity contribution in [2.75, 3.05) is 6.54 Å². The molecule has 66 valence electrons. The van der Waals surface area contributed by atoms with Crippen molar-refractivity contribution in [1.82, 2.24) is 5.32 Å². The summed E-state index contributed by atoms with van der Waals surface area (Å²) in [4.78, 5) is 13.5. The van der Waals surface area contributed by atoms with E-state index in [0.29, 0.717) is 13.0 Å². The van der Waals surface area contributed by atoms with Gasteiger partial charge in [-0.3, -0.25) is 4.79 Å². The molecule has 1 N–H and O–H groups in total. The highest BCUT2D eigenvalue weighted by Gasteiger charge is 2.02. The number of aryl methyl sites for hydroxylation is 1. The van der Waals surface area contributed by atoms with E-state index in [1.54, 1.807) is 11.3 Å². The molecule has 1 aromatic heterocycles. The van der Waals surface area contributed by atoms with E-state index in [2.05, 4.69) is 5.32 Å². The van der Waals surface area contributed by atoms with E-state index < -0.39 is 0 Å². The summed E-state index contributed by atoms with van der Waals surface area (Å²) in [6.45, 7) is 4.69. The second kappa shape index (κ2) is 4.26. The van der Waals surface area contributed by atoms with Crippen molar-refractivity contribution >= 4 is 17.2 Å². The van der Waals surface area contributed by atoms with Crippen LogP contribution in [0.5, 0.6) is 0 Å². The molecule has 0 aliphatic carbocycles. The van der Waals surface area contributed by atoms with Crippen LogP contribution < -0.4 is 5.32 Å². The van der Waals surface area contributed by atoms with Gasteiger partial charge in [-0.25, -0.2) is 0 Å². The molecular formula is C9H13NOS. The van der Waals surface area contributed by atoms with Gasteiger partial charge in [0.15, 0.2) is 0 Å². The molecule has 0 unspecified atom stereocenters. The van der Waals surface area contributed by atoms with Crippen molar-refractivity contribution in [3.63, 3.8) is 0 Å². The maximum Gasteiger partial charge on any atom is 0.225 e. The summed E-state index contributed by atoms with van der Waals surface area (Å²) in [6, 6.07) is 4.05. The Labute approximate surface area is 76.6 Å². The van der Waals surface area contributed by atoms with Crippen molar-refractivity contribution < 1.29 is 4.79 Å². The van der Waals surface area contributed by atoms with Crippen LogP contribution in [0.25, 0.3) is 0 Å². The third kappa shape index (κ3) is 2.66. The monoisotopic (exact) mass is 183 g/mol. The molecule has 0 radical (unpaired) electrons. The number of nitrogens with one attached hydrogen (secondary N) is 1.